The first-order valence-corrected chi connectivity index (χ1v) is 6.42. The molecule has 0 aliphatic heterocycles. The van der Waals surface area contributed by atoms with Crippen LogP contribution in [0.3, 0.4) is 0 Å². The molecule has 0 amide bonds. The van der Waals surface area contributed by atoms with Crippen molar-refractivity contribution in [1.29, 1.82) is 0 Å². The first-order valence-electron chi connectivity index (χ1n) is 6.42. The zero-order valence-electron chi connectivity index (χ0n) is 9.10. The van der Waals surface area contributed by atoms with E-state index in [1.165, 1.54) is 32.1 Å². The Bertz CT molecular complexity index is 146. The molecule has 2 aliphatic carbocycles. The van der Waals surface area contributed by atoms with Crippen LogP contribution in [0.5, 0.6) is 0 Å². The SMILES string of the molecule is CCC[C@@H]1CCC[C@@H]2CCCC[C@H]21. The summed E-state index contributed by atoms with van der Waals surface area (Å²) in [5.74, 6) is 3.39. The minimum absolute atomic E-state index is 1.11. The molecule has 0 radical (unpaired) electrons. The summed E-state index contributed by atoms with van der Waals surface area (Å²) in [5, 5.41) is 0. The second-order valence-corrected chi connectivity index (χ2v) is 5.19. The summed E-state index contributed by atoms with van der Waals surface area (Å²) >= 11 is 0. The number of hydrogen-bond donors (Lipinski definition) is 0. The Morgan fingerprint density at radius 2 is 1.69 bits per heavy atom. The Morgan fingerprint density at radius 1 is 0.923 bits per heavy atom. The van der Waals surface area contributed by atoms with Crippen LogP contribution in [-0.4, -0.2) is 0 Å². The predicted octanol–water partition coefficient (Wildman–Crippen LogP) is 4.39. The van der Waals surface area contributed by atoms with Crippen molar-refractivity contribution in [3.05, 3.63) is 0 Å². The van der Waals surface area contributed by atoms with Gasteiger partial charge in [-0.2, -0.15) is 0 Å². The van der Waals surface area contributed by atoms with E-state index >= 15 is 0 Å². The van der Waals surface area contributed by atoms with E-state index in [2.05, 4.69) is 6.92 Å². The smallest absolute Gasteiger partial charge is 0.0357 e. The predicted molar refractivity (Wildman–Crippen MR) is 57.7 cm³/mol. The van der Waals surface area contributed by atoms with Crippen molar-refractivity contribution in [1.82, 2.24) is 0 Å². The maximum Gasteiger partial charge on any atom is -0.0357 e. The normalized spacial score (nSPS) is 39.9. The third kappa shape index (κ3) is 2.08. The largest absolute Gasteiger partial charge is 0.0654 e. The Morgan fingerprint density at radius 3 is 2.54 bits per heavy atom. The van der Waals surface area contributed by atoms with Crippen LogP contribution in [-0.2, 0) is 0 Å². The fourth-order valence-corrected chi connectivity index (χ4v) is 3.80. The molecule has 0 aromatic rings. The van der Waals surface area contributed by atoms with Crippen molar-refractivity contribution in [2.75, 3.05) is 0 Å². The van der Waals surface area contributed by atoms with Gasteiger partial charge in [-0.25, -0.2) is 0 Å². The second-order valence-electron chi connectivity index (χ2n) is 5.19. The third-order valence-electron chi connectivity index (χ3n) is 4.38. The average molecular weight is 180 g/mol. The van der Waals surface area contributed by atoms with Gasteiger partial charge in [0.15, 0.2) is 0 Å². The van der Waals surface area contributed by atoms with Crippen molar-refractivity contribution >= 4 is 0 Å². The monoisotopic (exact) mass is 180 g/mol. The molecule has 2 fully saturated rings. The topological polar surface area (TPSA) is 0 Å². The summed E-state index contributed by atoms with van der Waals surface area (Å²) in [7, 11) is 0. The van der Waals surface area contributed by atoms with Crippen LogP contribution in [0.2, 0.25) is 0 Å². The third-order valence-corrected chi connectivity index (χ3v) is 4.38. The van der Waals surface area contributed by atoms with Gasteiger partial charge in [0.2, 0.25) is 0 Å². The molecule has 0 nitrogen and oxygen atoms in total. The van der Waals surface area contributed by atoms with E-state index in [0.717, 1.165) is 17.8 Å². The summed E-state index contributed by atoms with van der Waals surface area (Å²) in [6.07, 6.45) is 13.8. The number of hydrogen-bond acceptors (Lipinski definition) is 0. The molecule has 0 aromatic carbocycles. The first-order chi connectivity index (χ1) is 6.42. The van der Waals surface area contributed by atoms with Crippen molar-refractivity contribution in [3.8, 4) is 0 Å². The van der Waals surface area contributed by atoms with Gasteiger partial charge >= 0.3 is 0 Å². The van der Waals surface area contributed by atoms with Crippen LogP contribution in [0.4, 0.5) is 0 Å². The van der Waals surface area contributed by atoms with E-state index in [1.807, 2.05) is 0 Å². The van der Waals surface area contributed by atoms with Gasteiger partial charge < -0.3 is 0 Å². The molecule has 2 rings (SSSR count). The molecule has 76 valence electrons. The molecule has 0 N–H and O–H groups in total. The van der Waals surface area contributed by atoms with Crippen molar-refractivity contribution in [2.24, 2.45) is 17.8 Å². The lowest BCUT2D eigenvalue weighted by Gasteiger charge is -2.41. The van der Waals surface area contributed by atoms with Crippen molar-refractivity contribution < 1.29 is 0 Å². The highest BCUT2D eigenvalue weighted by Gasteiger charge is 2.33. The lowest BCUT2D eigenvalue weighted by atomic mass is 9.64. The molecule has 13 heavy (non-hydrogen) atoms. The van der Waals surface area contributed by atoms with Crippen LogP contribution >= 0.6 is 0 Å². The lowest BCUT2D eigenvalue weighted by molar-refractivity contribution is 0.0975. The molecule has 2 aliphatic rings. The van der Waals surface area contributed by atoms with E-state index in [4.69, 9.17) is 0 Å². The second kappa shape index (κ2) is 4.48. The van der Waals surface area contributed by atoms with E-state index in [9.17, 15) is 0 Å². The van der Waals surface area contributed by atoms with Crippen LogP contribution in [0, 0.1) is 17.8 Å². The van der Waals surface area contributed by atoms with Gasteiger partial charge in [-0.3, -0.25) is 0 Å². The minimum atomic E-state index is 1.11. The molecule has 0 heterocycles. The first kappa shape index (κ1) is 9.55. The molecule has 3 atom stereocenters. The van der Waals surface area contributed by atoms with Crippen LogP contribution in [0.25, 0.3) is 0 Å². The summed E-state index contributed by atoms with van der Waals surface area (Å²) in [5.41, 5.74) is 0. The zero-order valence-corrected chi connectivity index (χ0v) is 9.10. The van der Waals surface area contributed by atoms with E-state index in [1.54, 1.807) is 25.7 Å². The summed E-state index contributed by atoms with van der Waals surface area (Å²) in [6, 6.07) is 0. The average Bonchev–Trinajstić information content (AvgIpc) is 2.19. The summed E-state index contributed by atoms with van der Waals surface area (Å²) in [6.45, 7) is 2.35. The standard InChI is InChI=1S/C13H24/c1-2-6-11-8-5-9-12-7-3-4-10-13(11)12/h11-13H,2-10H2,1H3/t11-,12+,13+/m1/s1. The summed E-state index contributed by atoms with van der Waals surface area (Å²) < 4.78 is 0. The highest BCUT2D eigenvalue weighted by atomic mass is 14.4. The molecule has 0 bridgehead atoms. The van der Waals surface area contributed by atoms with Crippen LogP contribution in [0.15, 0.2) is 0 Å². The van der Waals surface area contributed by atoms with Gasteiger partial charge in [0.05, 0.1) is 0 Å². The van der Waals surface area contributed by atoms with Crippen LogP contribution in [0.1, 0.15) is 64.7 Å². The van der Waals surface area contributed by atoms with E-state index in [-0.39, 0.29) is 0 Å². The molecule has 0 saturated heterocycles. The van der Waals surface area contributed by atoms with Gasteiger partial charge in [0, 0.05) is 0 Å². The highest BCUT2D eigenvalue weighted by Crippen LogP contribution is 2.45. The quantitative estimate of drug-likeness (QED) is 0.591. The summed E-state index contributed by atoms with van der Waals surface area (Å²) in [4.78, 5) is 0. The fraction of sp³-hybridized carbons (Fsp3) is 1.00. The number of fused-ring (bicyclic) bond motifs is 1. The number of rotatable bonds is 2. The van der Waals surface area contributed by atoms with Crippen LogP contribution < -0.4 is 0 Å². The lowest BCUT2D eigenvalue weighted by Crippen LogP contribution is -2.30. The Labute approximate surface area is 83.1 Å². The maximum atomic E-state index is 2.35. The molecule has 2 saturated carbocycles. The van der Waals surface area contributed by atoms with E-state index in [0.29, 0.717) is 0 Å². The highest BCUT2D eigenvalue weighted by molar-refractivity contribution is 4.84. The molecule has 0 aromatic heterocycles. The molecular formula is C13H24. The Kier molecular flexibility index (Phi) is 3.29. The van der Waals surface area contributed by atoms with Gasteiger partial charge in [0.25, 0.3) is 0 Å². The minimum Gasteiger partial charge on any atom is -0.0654 e. The Hall–Kier alpha value is 0. The molecule has 0 heteroatoms. The van der Waals surface area contributed by atoms with Gasteiger partial charge in [-0.05, 0) is 24.2 Å². The zero-order chi connectivity index (χ0) is 9.10. The fourth-order valence-electron chi connectivity index (χ4n) is 3.80. The Balaban J connectivity index is 1.94. The van der Waals surface area contributed by atoms with Crippen molar-refractivity contribution in [2.45, 2.75) is 64.7 Å². The molecule has 0 spiro atoms. The van der Waals surface area contributed by atoms with E-state index < -0.39 is 0 Å². The van der Waals surface area contributed by atoms with Gasteiger partial charge in [-0.1, -0.05) is 58.3 Å². The van der Waals surface area contributed by atoms with Gasteiger partial charge in [-0.15, -0.1) is 0 Å². The maximum absolute atomic E-state index is 2.35. The molecule has 0 unspecified atom stereocenters. The van der Waals surface area contributed by atoms with Crippen molar-refractivity contribution in [3.63, 3.8) is 0 Å². The van der Waals surface area contributed by atoms with Gasteiger partial charge in [0.1, 0.15) is 0 Å². The molecular weight excluding hydrogens is 156 g/mol.